The van der Waals surface area contributed by atoms with Crippen LogP contribution in [0.3, 0.4) is 0 Å². The molecule has 0 saturated carbocycles. The third-order valence-corrected chi connectivity index (χ3v) is 5.91. The highest BCUT2D eigenvalue weighted by molar-refractivity contribution is 8.00. The predicted octanol–water partition coefficient (Wildman–Crippen LogP) is 5.40. The van der Waals surface area contributed by atoms with E-state index in [2.05, 4.69) is 16.7 Å². The van der Waals surface area contributed by atoms with Crippen LogP contribution in [0, 0.1) is 27.7 Å². The van der Waals surface area contributed by atoms with E-state index in [1.165, 1.54) is 5.56 Å². The number of hydrogen-bond acceptors (Lipinski definition) is 3. The van der Waals surface area contributed by atoms with Crippen molar-refractivity contribution in [3.63, 3.8) is 0 Å². The first-order valence-corrected chi connectivity index (χ1v) is 10.7. The molecule has 0 aliphatic heterocycles. The molecule has 4 nitrogen and oxygen atoms in total. The number of hydrogen-bond donors (Lipinski definition) is 2. The summed E-state index contributed by atoms with van der Waals surface area (Å²) in [5, 5.41) is 5.83. The maximum Gasteiger partial charge on any atom is 0.237 e. The lowest BCUT2D eigenvalue weighted by Crippen LogP contribution is -2.23. The second-order valence-corrected chi connectivity index (χ2v) is 8.69. The molecule has 0 aliphatic carbocycles. The predicted molar refractivity (Wildman–Crippen MR) is 120 cm³/mol. The van der Waals surface area contributed by atoms with Crippen LogP contribution in [0.15, 0.2) is 36.4 Å². The first-order valence-electron chi connectivity index (χ1n) is 9.63. The lowest BCUT2D eigenvalue weighted by molar-refractivity contribution is -0.116. The highest BCUT2D eigenvalue weighted by Crippen LogP contribution is 2.21. The number of carbonyl (C=O) groups excluding carboxylic acids is 2. The molecule has 0 aliphatic rings. The molecule has 0 saturated heterocycles. The summed E-state index contributed by atoms with van der Waals surface area (Å²) in [4.78, 5) is 24.6. The number of aryl methyl sites for hydroxylation is 4. The van der Waals surface area contributed by atoms with Crippen LogP contribution in [-0.4, -0.2) is 22.8 Å². The molecule has 2 rings (SSSR count). The van der Waals surface area contributed by atoms with Gasteiger partial charge in [-0.15, -0.1) is 11.8 Å². The number of nitrogens with one attached hydrogen (secondary N) is 2. The Hall–Kier alpha value is -2.27. The Kier molecular flexibility index (Phi) is 8.12. The Morgan fingerprint density at radius 2 is 1.64 bits per heavy atom. The van der Waals surface area contributed by atoms with E-state index in [4.69, 9.17) is 0 Å². The summed E-state index contributed by atoms with van der Waals surface area (Å²) >= 11 is 1.58. The van der Waals surface area contributed by atoms with E-state index in [0.717, 1.165) is 40.2 Å². The Morgan fingerprint density at radius 3 is 2.29 bits per heavy atom. The van der Waals surface area contributed by atoms with Gasteiger partial charge in [-0.1, -0.05) is 35.9 Å². The fourth-order valence-electron chi connectivity index (χ4n) is 2.97. The molecular weight excluding hydrogens is 368 g/mol. The molecule has 28 heavy (non-hydrogen) atoms. The molecule has 5 heteroatoms. The van der Waals surface area contributed by atoms with Crippen molar-refractivity contribution in [1.29, 1.82) is 0 Å². The zero-order chi connectivity index (χ0) is 20.7. The molecular formula is C23H30N2O2S. The molecule has 2 N–H and O–H groups in total. The molecule has 1 atom stereocenters. The van der Waals surface area contributed by atoms with Gasteiger partial charge in [0.05, 0.1) is 5.25 Å². The van der Waals surface area contributed by atoms with E-state index in [1.807, 2.05) is 65.0 Å². The fraction of sp³-hybridized carbons (Fsp3) is 0.391. The van der Waals surface area contributed by atoms with Gasteiger partial charge in [-0.05, 0) is 69.5 Å². The van der Waals surface area contributed by atoms with Gasteiger partial charge in [0, 0.05) is 17.8 Å². The van der Waals surface area contributed by atoms with Gasteiger partial charge in [0.1, 0.15) is 0 Å². The zero-order valence-electron chi connectivity index (χ0n) is 17.4. The minimum absolute atomic E-state index is 0.00283. The monoisotopic (exact) mass is 398 g/mol. The average molecular weight is 399 g/mol. The van der Waals surface area contributed by atoms with Crippen molar-refractivity contribution in [1.82, 2.24) is 0 Å². The molecule has 0 radical (unpaired) electrons. The van der Waals surface area contributed by atoms with E-state index in [0.29, 0.717) is 6.42 Å². The molecule has 2 aromatic carbocycles. The summed E-state index contributed by atoms with van der Waals surface area (Å²) < 4.78 is 0. The van der Waals surface area contributed by atoms with Gasteiger partial charge in [-0.25, -0.2) is 0 Å². The first-order chi connectivity index (χ1) is 13.3. The van der Waals surface area contributed by atoms with Gasteiger partial charge < -0.3 is 10.6 Å². The zero-order valence-corrected chi connectivity index (χ0v) is 18.2. The Bertz CT molecular complexity index is 828. The van der Waals surface area contributed by atoms with Crippen molar-refractivity contribution in [3.8, 4) is 0 Å². The minimum atomic E-state index is -0.164. The molecule has 0 heterocycles. The van der Waals surface area contributed by atoms with Gasteiger partial charge in [0.25, 0.3) is 0 Å². The van der Waals surface area contributed by atoms with Crippen LogP contribution < -0.4 is 10.6 Å². The number of para-hydroxylation sites is 1. The molecule has 0 fully saturated rings. The third-order valence-electron chi connectivity index (χ3n) is 4.67. The summed E-state index contributed by atoms with van der Waals surface area (Å²) in [6.07, 6.45) is 1.19. The van der Waals surface area contributed by atoms with Gasteiger partial charge in [-0.2, -0.15) is 0 Å². The van der Waals surface area contributed by atoms with Crippen molar-refractivity contribution in [3.05, 3.63) is 58.7 Å². The van der Waals surface area contributed by atoms with Crippen LogP contribution in [0.25, 0.3) is 0 Å². The quantitative estimate of drug-likeness (QED) is 0.585. The summed E-state index contributed by atoms with van der Waals surface area (Å²) in [5.74, 6) is 0.782. The van der Waals surface area contributed by atoms with Crippen LogP contribution in [0.4, 0.5) is 11.4 Å². The molecule has 0 aromatic heterocycles. The van der Waals surface area contributed by atoms with Crippen molar-refractivity contribution >= 4 is 35.0 Å². The van der Waals surface area contributed by atoms with E-state index in [1.54, 1.807) is 11.8 Å². The second-order valence-electron chi connectivity index (χ2n) is 7.24. The highest BCUT2D eigenvalue weighted by atomic mass is 32.2. The van der Waals surface area contributed by atoms with Crippen LogP contribution >= 0.6 is 11.8 Å². The van der Waals surface area contributed by atoms with Gasteiger partial charge in [0.15, 0.2) is 0 Å². The molecule has 2 amide bonds. The second kappa shape index (κ2) is 10.3. The minimum Gasteiger partial charge on any atom is -0.326 e. The Balaban J connectivity index is 1.73. The van der Waals surface area contributed by atoms with Crippen LogP contribution in [-0.2, 0) is 9.59 Å². The smallest absolute Gasteiger partial charge is 0.237 e. The summed E-state index contributed by atoms with van der Waals surface area (Å²) in [7, 11) is 0. The third kappa shape index (κ3) is 6.41. The fourth-order valence-corrected chi connectivity index (χ4v) is 3.85. The van der Waals surface area contributed by atoms with Gasteiger partial charge in [-0.3, -0.25) is 9.59 Å². The summed E-state index contributed by atoms with van der Waals surface area (Å²) in [5.41, 5.74) is 6.14. The lowest BCUT2D eigenvalue weighted by atomic mass is 10.1. The molecule has 0 spiro atoms. The van der Waals surface area contributed by atoms with E-state index < -0.39 is 0 Å². The lowest BCUT2D eigenvalue weighted by Gasteiger charge is -2.14. The normalized spacial score (nSPS) is 11.8. The standard InChI is InChI=1S/C23H30N2O2S/c1-15-11-12-20(18(4)14-15)24-23(27)19(5)28-13-7-10-21(26)25-22-16(2)8-6-9-17(22)3/h6,8-9,11-12,14,19H,7,10,13H2,1-5H3,(H,24,27)(H,25,26). The maximum atomic E-state index is 12.4. The summed E-state index contributed by atoms with van der Waals surface area (Å²) in [6, 6.07) is 12.0. The SMILES string of the molecule is Cc1ccc(NC(=O)C(C)SCCCC(=O)Nc2c(C)cccc2C)c(C)c1. The summed E-state index contributed by atoms with van der Waals surface area (Å²) in [6.45, 7) is 9.92. The number of anilines is 2. The number of carbonyl (C=O) groups is 2. The Morgan fingerprint density at radius 1 is 0.964 bits per heavy atom. The molecule has 0 bridgehead atoms. The number of benzene rings is 2. The average Bonchev–Trinajstić information content (AvgIpc) is 2.64. The number of rotatable bonds is 8. The van der Waals surface area contributed by atoms with Crippen LogP contribution in [0.2, 0.25) is 0 Å². The first kappa shape index (κ1) is 22.0. The highest BCUT2D eigenvalue weighted by Gasteiger charge is 2.15. The largest absolute Gasteiger partial charge is 0.326 e. The Labute approximate surface area is 172 Å². The van der Waals surface area contributed by atoms with Crippen LogP contribution in [0.1, 0.15) is 42.0 Å². The molecule has 150 valence electrons. The van der Waals surface area contributed by atoms with Crippen LogP contribution in [0.5, 0.6) is 0 Å². The van der Waals surface area contributed by atoms with Gasteiger partial charge in [0.2, 0.25) is 11.8 Å². The van der Waals surface area contributed by atoms with Crippen molar-refractivity contribution < 1.29 is 9.59 Å². The maximum absolute atomic E-state index is 12.4. The van der Waals surface area contributed by atoms with E-state index in [9.17, 15) is 9.59 Å². The van der Waals surface area contributed by atoms with Crippen molar-refractivity contribution in [2.24, 2.45) is 0 Å². The van der Waals surface area contributed by atoms with Crippen molar-refractivity contribution in [2.75, 3.05) is 16.4 Å². The van der Waals surface area contributed by atoms with E-state index in [-0.39, 0.29) is 17.1 Å². The van der Waals surface area contributed by atoms with Crippen molar-refractivity contribution in [2.45, 2.75) is 52.7 Å². The molecule has 1 unspecified atom stereocenters. The number of amides is 2. The topological polar surface area (TPSA) is 58.2 Å². The van der Waals surface area contributed by atoms with E-state index >= 15 is 0 Å². The molecule has 2 aromatic rings. The van der Waals surface area contributed by atoms with Gasteiger partial charge >= 0.3 is 0 Å². The number of thioether (sulfide) groups is 1.